The number of carbonyl (C=O) groups is 2. The van der Waals surface area contributed by atoms with E-state index in [2.05, 4.69) is 16.4 Å². The van der Waals surface area contributed by atoms with Crippen LogP contribution in [0.3, 0.4) is 0 Å². The fraction of sp³-hybridized carbons (Fsp3) is 0.185. The average Bonchev–Trinajstić information content (AvgIpc) is 3.47. The van der Waals surface area contributed by atoms with Crippen LogP contribution < -0.4 is 10.8 Å². The van der Waals surface area contributed by atoms with E-state index >= 15 is 0 Å². The minimum atomic E-state index is -0.431. The summed E-state index contributed by atoms with van der Waals surface area (Å²) < 4.78 is 0. The first-order valence-corrected chi connectivity index (χ1v) is 11.2. The predicted molar refractivity (Wildman–Crippen MR) is 133 cm³/mol. The summed E-state index contributed by atoms with van der Waals surface area (Å²) in [5.41, 5.74) is 5.44. The molecule has 5 nitrogen and oxygen atoms in total. The summed E-state index contributed by atoms with van der Waals surface area (Å²) in [5.74, 6) is -0.142. The first-order chi connectivity index (χ1) is 16.1. The maximum absolute atomic E-state index is 13.0. The van der Waals surface area contributed by atoms with Gasteiger partial charge in [-0.1, -0.05) is 60.1 Å². The van der Waals surface area contributed by atoms with Crippen LogP contribution in [0.2, 0.25) is 0 Å². The number of nitrogens with one attached hydrogen (secondary N) is 2. The summed E-state index contributed by atoms with van der Waals surface area (Å²) in [6.45, 7) is 0.619. The molecule has 2 amide bonds. The van der Waals surface area contributed by atoms with Crippen LogP contribution >= 0.6 is 0 Å². The van der Waals surface area contributed by atoms with Gasteiger partial charge in [0.15, 0.2) is 0 Å². The average molecular weight is 433 g/mol. The predicted octanol–water partition coefficient (Wildman–Crippen LogP) is 3.80. The van der Waals surface area contributed by atoms with E-state index in [0.29, 0.717) is 25.1 Å². The number of anilines is 1. The Kier molecular flexibility index (Phi) is 5.74. The van der Waals surface area contributed by atoms with Gasteiger partial charge in [0.1, 0.15) is 13.9 Å². The number of nitrogens with zero attached hydrogens (tertiary/aromatic N) is 1. The van der Waals surface area contributed by atoms with Crippen LogP contribution in [-0.4, -0.2) is 42.1 Å². The normalized spacial score (nSPS) is 15.6. The van der Waals surface area contributed by atoms with Crippen molar-refractivity contribution in [2.45, 2.75) is 25.3 Å². The Labute approximate surface area is 194 Å². The molecule has 1 aliphatic rings. The van der Waals surface area contributed by atoms with Gasteiger partial charge in [0, 0.05) is 23.4 Å². The number of aromatic amines is 1. The summed E-state index contributed by atoms with van der Waals surface area (Å²) in [7, 11) is 5.88. The molecule has 162 valence electrons. The number of hydrogen-bond donors (Lipinski definition) is 2. The molecule has 0 bridgehead atoms. The Morgan fingerprint density at radius 1 is 1.00 bits per heavy atom. The van der Waals surface area contributed by atoms with Gasteiger partial charge in [0.2, 0.25) is 11.8 Å². The van der Waals surface area contributed by atoms with Crippen LogP contribution in [0.25, 0.3) is 22.2 Å². The molecule has 1 aromatic heterocycles. The minimum Gasteiger partial charge on any atom is -0.355 e. The number of hydrogen-bond acceptors (Lipinski definition) is 2. The lowest BCUT2D eigenvalue weighted by atomic mass is 9.95. The summed E-state index contributed by atoms with van der Waals surface area (Å²) >= 11 is 0. The zero-order valence-corrected chi connectivity index (χ0v) is 18.3. The Bertz CT molecular complexity index is 1300. The molecule has 3 aromatic carbocycles. The van der Waals surface area contributed by atoms with Crippen molar-refractivity contribution >= 4 is 41.7 Å². The Morgan fingerprint density at radius 3 is 2.58 bits per heavy atom. The number of H-pyrrole nitrogens is 1. The number of carbonyl (C=O) groups excluding carboxylic acids is 2. The lowest BCUT2D eigenvalue weighted by Crippen LogP contribution is -2.43. The van der Waals surface area contributed by atoms with E-state index in [-0.39, 0.29) is 11.8 Å². The Hall–Kier alpha value is -3.80. The van der Waals surface area contributed by atoms with Gasteiger partial charge in [0.25, 0.3) is 0 Å². The molecule has 1 aliphatic heterocycles. The second-order valence-corrected chi connectivity index (χ2v) is 8.50. The molecule has 4 aromatic rings. The molecule has 2 heterocycles. The van der Waals surface area contributed by atoms with E-state index in [1.54, 1.807) is 4.90 Å². The van der Waals surface area contributed by atoms with Crippen LogP contribution in [-0.2, 0) is 16.0 Å². The van der Waals surface area contributed by atoms with E-state index < -0.39 is 6.04 Å². The molecule has 0 aliphatic carbocycles. The Morgan fingerprint density at radius 2 is 1.79 bits per heavy atom. The van der Waals surface area contributed by atoms with E-state index in [9.17, 15) is 9.59 Å². The van der Waals surface area contributed by atoms with Gasteiger partial charge in [-0.05, 0) is 53.6 Å². The molecule has 1 fully saturated rings. The molecule has 1 atom stereocenters. The number of likely N-dealkylation sites (tertiary alicyclic amines) is 1. The molecular formula is C27H24BN3O2. The fourth-order valence-electron chi connectivity index (χ4n) is 4.48. The third kappa shape index (κ3) is 4.56. The number of benzene rings is 3. The van der Waals surface area contributed by atoms with Crippen molar-refractivity contribution in [1.82, 2.24) is 9.88 Å². The highest BCUT2D eigenvalue weighted by Gasteiger charge is 2.33. The van der Waals surface area contributed by atoms with Crippen molar-refractivity contribution in [2.24, 2.45) is 0 Å². The third-order valence-electron chi connectivity index (χ3n) is 6.18. The largest absolute Gasteiger partial charge is 0.355 e. The zero-order chi connectivity index (χ0) is 22.8. The van der Waals surface area contributed by atoms with Gasteiger partial charge < -0.3 is 15.2 Å². The molecule has 0 saturated carbocycles. The molecule has 2 radical (unpaired) electrons. The maximum atomic E-state index is 13.0. The summed E-state index contributed by atoms with van der Waals surface area (Å²) in [4.78, 5) is 30.9. The Balaban J connectivity index is 1.25. The van der Waals surface area contributed by atoms with Crippen LogP contribution in [0.4, 0.5) is 5.69 Å². The van der Waals surface area contributed by atoms with E-state index in [1.165, 1.54) is 0 Å². The molecular weight excluding hydrogens is 409 g/mol. The van der Waals surface area contributed by atoms with Crippen molar-refractivity contribution in [3.05, 3.63) is 84.4 Å². The lowest BCUT2D eigenvalue weighted by Gasteiger charge is -2.24. The van der Waals surface area contributed by atoms with Crippen LogP contribution in [0.1, 0.15) is 18.4 Å². The second-order valence-electron chi connectivity index (χ2n) is 8.50. The standard InChI is InChI=1S/C27H24BN3O2/c28-21-10-13-23-20(16-21)17-24(30-23)19-8-11-22(12-9-19)29-27(33)25-7-4-14-31(25)26(32)15-18-5-2-1-3-6-18/h1-3,5-6,8-13,16-17,25,30H,4,7,14-15H2,(H,29,33)/t25-/m0/s1. The topological polar surface area (TPSA) is 65.2 Å². The summed E-state index contributed by atoms with van der Waals surface area (Å²) in [5, 5.41) is 4.04. The number of amides is 2. The van der Waals surface area contributed by atoms with E-state index in [1.807, 2.05) is 72.8 Å². The van der Waals surface area contributed by atoms with Crippen molar-refractivity contribution in [1.29, 1.82) is 0 Å². The molecule has 0 spiro atoms. The zero-order valence-electron chi connectivity index (χ0n) is 18.3. The van der Waals surface area contributed by atoms with Crippen molar-refractivity contribution in [3.8, 4) is 11.3 Å². The smallest absolute Gasteiger partial charge is 0.247 e. The molecule has 33 heavy (non-hydrogen) atoms. The van der Waals surface area contributed by atoms with Gasteiger partial charge >= 0.3 is 0 Å². The first kappa shape index (κ1) is 21.1. The second kappa shape index (κ2) is 8.98. The quantitative estimate of drug-likeness (QED) is 0.471. The summed E-state index contributed by atoms with van der Waals surface area (Å²) in [6.07, 6.45) is 1.83. The van der Waals surface area contributed by atoms with Gasteiger partial charge in [-0.25, -0.2) is 0 Å². The molecule has 1 saturated heterocycles. The highest BCUT2D eigenvalue weighted by molar-refractivity contribution is 6.33. The van der Waals surface area contributed by atoms with E-state index in [4.69, 9.17) is 7.85 Å². The molecule has 2 N–H and O–H groups in total. The number of rotatable bonds is 5. The van der Waals surface area contributed by atoms with Crippen LogP contribution in [0.5, 0.6) is 0 Å². The third-order valence-corrected chi connectivity index (χ3v) is 6.18. The SMILES string of the molecule is [B]c1ccc2[nH]c(-c3ccc(NC(=O)[C@@H]4CCCN4C(=O)Cc4ccccc4)cc3)cc2c1. The summed E-state index contributed by atoms with van der Waals surface area (Å²) in [6, 6.07) is 24.8. The first-order valence-electron chi connectivity index (χ1n) is 11.2. The maximum Gasteiger partial charge on any atom is 0.247 e. The van der Waals surface area contributed by atoms with Crippen molar-refractivity contribution in [2.75, 3.05) is 11.9 Å². The van der Waals surface area contributed by atoms with Gasteiger partial charge in [-0.15, -0.1) is 0 Å². The van der Waals surface area contributed by atoms with Crippen molar-refractivity contribution < 1.29 is 9.59 Å². The van der Waals surface area contributed by atoms with Crippen LogP contribution in [0.15, 0.2) is 78.9 Å². The van der Waals surface area contributed by atoms with Crippen molar-refractivity contribution in [3.63, 3.8) is 0 Å². The van der Waals surface area contributed by atoms with Crippen LogP contribution in [0, 0.1) is 0 Å². The van der Waals surface area contributed by atoms with Gasteiger partial charge in [-0.2, -0.15) is 0 Å². The monoisotopic (exact) mass is 433 g/mol. The lowest BCUT2D eigenvalue weighted by molar-refractivity contribution is -0.136. The highest BCUT2D eigenvalue weighted by Crippen LogP contribution is 2.26. The minimum absolute atomic E-state index is 0.00588. The van der Waals surface area contributed by atoms with Gasteiger partial charge in [0.05, 0.1) is 6.42 Å². The van der Waals surface area contributed by atoms with Gasteiger partial charge in [-0.3, -0.25) is 9.59 Å². The number of aromatic nitrogens is 1. The molecule has 0 unspecified atom stereocenters. The molecule has 5 rings (SSSR count). The highest BCUT2D eigenvalue weighted by atomic mass is 16.2. The fourth-order valence-corrected chi connectivity index (χ4v) is 4.48. The number of fused-ring (bicyclic) bond motifs is 1. The van der Waals surface area contributed by atoms with E-state index in [0.717, 1.165) is 39.6 Å². The molecule has 6 heteroatoms.